The molecule has 18 heavy (non-hydrogen) atoms. The third-order valence-corrected chi connectivity index (χ3v) is 3.93. The molecular weight excluding hydrogens is 224 g/mol. The maximum Gasteiger partial charge on any atom is 0.251 e. The van der Waals surface area contributed by atoms with Crippen molar-refractivity contribution in [3.05, 3.63) is 34.9 Å². The number of hydrogen-bond acceptors (Lipinski definition) is 2. The number of amides is 1. The Balaban J connectivity index is 2.09. The van der Waals surface area contributed by atoms with E-state index in [0.29, 0.717) is 6.04 Å². The molecule has 2 rings (SSSR count). The minimum Gasteiger partial charge on any atom is -0.348 e. The first-order chi connectivity index (χ1) is 8.59. The molecule has 1 fully saturated rings. The van der Waals surface area contributed by atoms with Gasteiger partial charge in [0, 0.05) is 17.6 Å². The average Bonchev–Trinajstić information content (AvgIpc) is 2.35. The van der Waals surface area contributed by atoms with E-state index < -0.39 is 0 Å². The first-order valence-electron chi connectivity index (χ1n) is 6.70. The summed E-state index contributed by atoms with van der Waals surface area (Å²) in [4.78, 5) is 12.3. The molecule has 1 amide bonds. The van der Waals surface area contributed by atoms with Crippen molar-refractivity contribution in [3.63, 3.8) is 0 Å². The predicted octanol–water partition coefficient (Wildman–Crippen LogP) is 2.17. The van der Waals surface area contributed by atoms with E-state index in [-0.39, 0.29) is 11.9 Å². The van der Waals surface area contributed by atoms with Crippen LogP contribution >= 0.6 is 0 Å². The molecule has 0 aromatic heterocycles. The molecular formula is C15H22N2O. The minimum absolute atomic E-state index is 0.0525. The van der Waals surface area contributed by atoms with Gasteiger partial charge in [-0.1, -0.05) is 12.1 Å². The van der Waals surface area contributed by atoms with Gasteiger partial charge in [-0.25, -0.2) is 0 Å². The summed E-state index contributed by atoms with van der Waals surface area (Å²) in [5, 5.41) is 6.55. The first kappa shape index (κ1) is 13.1. The van der Waals surface area contributed by atoms with Crippen LogP contribution in [0.2, 0.25) is 0 Å². The van der Waals surface area contributed by atoms with Gasteiger partial charge in [-0.2, -0.15) is 0 Å². The van der Waals surface area contributed by atoms with E-state index >= 15 is 0 Å². The lowest BCUT2D eigenvalue weighted by molar-refractivity contribution is 0.0919. The van der Waals surface area contributed by atoms with Crippen LogP contribution in [0.4, 0.5) is 0 Å². The Morgan fingerprint density at radius 2 is 2.17 bits per heavy atom. The van der Waals surface area contributed by atoms with Crippen LogP contribution < -0.4 is 10.6 Å². The Bertz CT molecular complexity index is 442. The van der Waals surface area contributed by atoms with Gasteiger partial charge in [-0.3, -0.25) is 4.79 Å². The lowest BCUT2D eigenvalue weighted by Gasteiger charge is -2.30. The average molecular weight is 246 g/mol. The Labute approximate surface area is 109 Å². The second kappa shape index (κ2) is 5.53. The Kier molecular flexibility index (Phi) is 4.02. The van der Waals surface area contributed by atoms with Gasteiger partial charge in [0.25, 0.3) is 5.91 Å². The van der Waals surface area contributed by atoms with Gasteiger partial charge in [0.1, 0.15) is 0 Å². The number of rotatable bonds is 2. The van der Waals surface area contributed by atoms with Gasteiger partial charge < -0.3 is 10.6 Å². The first-order valence-corrected chi connectivity index (χ1v) is 6.70. The Morgan fingerprint density at radius 3 is 2.89 bits per heavy atom. The van der Waals surface area contributed by atoms with Gasteiger partial charge in [-0.15, -0.1) is 0 Å². The highest BCUT2D eigenvalue weighted by molar-refractivity contribution is 5.96. The van der Waals surface area contributed by atoms with Crippen LogP contribution in [0.25, 0.3) is 0 Å². The zero-order valence-electron chi connectivity index (χ0n) is 11.4. The van der Waals surface area contributed by atoms with E-state index in [9.17, 15) is 4.79 Å². The molecule has 98 valence electrons. The van der Waals surface area contributed by atoms with Gasteiger partial charge in [0.05, 0.1) is 0 Å². The number of carbonyl (C=O) groups excluding carboxylic acids is 1. The fourth-order valence-corrected chi connectivity index (χ4v) is 2.48. The van der Waals surface area contributed by atoms with Crippen molar-refractivity contribution in [1.29, 1.82) is 0 Å². The molecule has 2 N–H and O–H groups in total. The maximum absolute atomic E-state index is 12.3. The molecule has 0 bridgehead atoms. The summed E-state index contributed by atoms with van der Waals surface area (Å²) >= 11 is 0. The smallest absolute Gasteiger partial charge is 0.251 e. The van der Waals surface area contributed by atoms with Crippen molar-refractivity contribution in [3.8, 4) is 0 Å². The van der Waals surface area contributed by atoms with Crippen LogP contribution in [0.3, 0.4) is 0 Å². The molecule has 1 aromatic carbocycles. The highest BCUT2D eigenvalue weighted by Gasteiger charge is 2.23. The van der Waals surface area contributed by atoms with E-state index in [4.69, 9.17) is 0 Å². The van der Waals surface area contributed by atoms with Gasteiger partial charge in [0.2, 0.25) is 0 Å². The second-order valence-corrected chi connectivity index (χ2v) is 5.21. The topological polar surface area (TPSA) is 41.1 Å². The summed E-state index contributed by atoms with van der Waals surface area (Å²) in [5.41, 5.74) is 3.04. The van der Waals surface area contributed by atoms with Gasteiger partial charge in [-0.05, 0) is 57.4 Å². The maximum atomic E-state index is 12.3. The Morgan fingerprint density at radius 1 is 1.39 bits per heavy atom. The molecule has 0 radical (unpaired) electrons. The van der Waals surface area contributed by atoms with E-state index in [2.05, 4.69) is 17.6 Å². The number of piperidine rings is 1. The summed E-state index contributed by atoms with van der Waals surface area (Å²) in [7, 11) is 0. The minimum atomic E-state index is 0.0525. The molecule has 1 aliphatic heterocycles. The summed E-state index contributed by atoms with van der Waals surface area (Å²) in [5.74, 6) is 0.0525. The molecule has 1 aromatic rings. The second-order valence-electron chi connectivity index (χ2n) is 5.21. The summed E-state index contributed by atoms with van der Waals surface area (Å²) in [6.45, 7) is 7.23. The van der Waals surface area contributed by atoms with E-state index in [1.807, 2.05) is 32.0 Å². The predicted molar refractivity (Wildman–Crippen MR) is 73.9 cm³/mol. The van der Waals surface area contributed by atoms with Crippen molar-refractivity contribution < 1.29 is 4.79 Å². The molecule has 1 heterocycles. The molecule has 3 heteroatoms. The monoisotopic (exact) mass is 246 g/mol. The molecule has 0 unspecified atom stereocenters. The molecule has 3 nitrogen and oxygen atoms in total. The largest absolute Gasteiger partial charge is 0.348 e. The number of benzene rings is 1. The fourth-order valence-electron chi connectivity index (χ4n) is 2.48. The lowest BCUT2D eigenvalue weighted by Crippen LogP contribution is -2.52. The molecule has 2 atom stereocenters. The van der Waals surface area contributed by atoms with Crippen LogP contribution in [0.1, 0.15) is 41.3 Å². The summed E-state index contributed by atoms with van der Waals surface area (Å²) in [6.07, 6.45) is 2.19. The highest BCUT2D eigenvalue weighted by Crippen LogP contribution is 2.14. The van der Waals surface area contributed by atoms with Crippen LogP contribution in [0.15, 0.2) is 18.2 Å². The zero-order valence-corrected chi connectivity index (χ0v) is 11.4. The Hall–Kier alpha value is -1.35. The third kappa shape index (κ3) is 2.72. The van der Waals surface area contributed by atoms with Crippen molar-refractivity contribution in [2.24, 2.45) is 0 Å². The van der Waals surface area contributed by atoms with E-state index in [0.717, 1.165) is 36.1 Å². The SMILES string of the molecule is Cc1cccc(C(=O)N[C@H]2CCCN[C@H]2C)c1C. The van der Waals surface area contributed by atoms with E-state index in [1.165, 1.54) is 0 Å². The van der Waals surface area contributed by atoms with Crippen molar-refractivity contribution in [1.82, 2.24) is 10.6 Å². The van der Waals surface area contributed by atoms with Gasteiger partial charge in [0.15, 0.2) is 0 Å². The molecule has 1 aliphatic rings. The molecule has 1 saturated heterocycles. The number of nitrogens with one attached hydrogen (secondary N) is 2. The standard InChI is InChI=1S/C15H22N2O/c1-10-6-4-7-13(11(10)2)15(18)17-14-8-5-9-16-12(14)3/h4,6-7,12,14,16H,5,8-9H2,1-3H3,(H,17,18)/t12-,14-/m0/s1. The quantitative estimate of drug-likeness (QED) is 0.839. The molecule has 0 aliphatic carbocycles. The van der Waals surface area contributed by atoms with Crippen LogP contribution in [0.5, 0.6) is 0 Å². The zero-order chi connectivity index (χ0) is 13.1. The molecule has 0 spiro atoms. The van der Waals surface area contributed by atoms with Crippen molar-refractivity contribution in [2.45, 2.75) is 45.7 Å². The lowest BCUT2D eigenvalue weighted by atomic mass is 9.98. The number of hydrogen-bond donors (Lipinski definition) is 2. The van der Waals surface area contributed by atoms with Gasteiger partial charge >= 0.3 is 0 Å². The van der Waals surface area contributed by atoms with Crippen LogP contribution in [-0.4, -0.2) is 24.5 Å². The van der Waals surface area contributed by atoms with Crippen molar-refractivity contribution >= 4 is 5.91 Å². The fraction of sp³-hybridized carbons (Fsp3) is 0.533. The van der Waals surface area contributed by atoms with Crippen molar-refractivity contribution in [2.75, 3.05) is 6.54 Å². The highest BCUT2D eigenvalue weighted by atomic mass is 16.1. The third-order valence-electron chi connectivity index (χ3n) is 3.93. The summed E-state index contributed by atoms with van der Waals surface area (Å²) < 4.78 is 0. The number of carbonyl (C=O) groups is 1. The van der Waals surface area contributed by atoms with E-state index in [1.54, 1.807) is 0 Å². The van der Waals surface area contributed by atoms with Crippen LogP contribution in [0, 0.1) is 13.8 Å². The summed E-state index contributed by atoms with van der Waals surface area (Å²) in [6, 6.07) is 6.48. The van der Waals surface area contributed by atoms with Crippen LogP contribution in [-0.2, 0) is 0 Å². The molecule has 0 saturated carbocycles. The normalized spacial score (nSPS) is 23.7. The number of aryl methyl sites for hydroxylation is 1.